The predicted octanol–water partition coefficient (Wildman–Crippen LogP) is 6.76. The van der Waals surface area contributed by atoms with Crippen LogP contribution >= 0.6 is 23.2 Å². The molecule has 0 heterocycles. The summed E-state index contributed by atoms with van der Waals surface area (Å²) in [6.07, 6.45) is 0.702. The first kappa shape index (κ1) is 31.4. The lowest BCUT2D eigenvalue weighted by Gasteiger charge is -2.32. The summed E-state index contributed by atoms with van der Waals surface area (Å²) in [7, 11) is 0. The summed E-state index contributed by atoms with van der Waals surface area (Å²) < 4.78 is 5.32. The van der Waals surface area contributed by atoms with Gasteiger partial charge >= 0.3 is 6.09 Å². The van der Waals surface area contributed by atoms with E-state index < -0.39 is 28.9 Å². The van der Waals surface area contributed by atoms with Gasteiger partial charge in [0, 0.05) is 10.4 Å². The lowest BCUT2D eigenvalue weighted by molar-refractivity contribution is -0.138. The maximum atomic E-state index is 13.7. The van der Waals surface area contributed by atoms with Crippen LogP contribution in [-0.2, 0) is 14.3 Å². The second-order valence-corrected chi connectivity index (χ2v) is 12.4. The first-order valence-corrected chi connectivity index (χ1v) is 13.8. The van der Waals surface area contributed by atoms with Crippen LogP contribution in [0, 0.1) is 22.7 Å². The second-order valence-electron chi connectivity index (χ2n) is 11.5. The molecule has 0 saturated heterocycles. The molecule has 2 amide bonds. The van der Waals surface area contributed by atoms with Crippen LogP contribution in [0.3, 0.4) is 0 Å². The van der Waals surface area contributed by atoms with Gasteiger partial charge in [0.15, 0.2) is 5.78 Å². The van der Waals surface area contributed by atoms with Gasteiger partial charge in [-0.2, -0.15) is 0 Å². The number of benzene rings is 1. The number of Topliss-reactive ketones (excluding diaryl/α,β-unsaturated/α-hetero) is 1. The van der Waals surface area contributed by atoms with Crippen molar-refractivity contribution in [2.24, 2.45) is 22.7 Å². The van der Waals surface area contributed by atoms with Crippen molar-refractivity contribution in [2.75, 3.05) is 24.6 Å². The smallest absolute Gasteiger partial charge is 0.427 e. The van der Waals surface area contributed by atoms with E-state index in [-0.39, 0.29) is 27.8 Å². The van der Waals surface area contributed by atoms with Crippen molar-refractivity contribution in [3.05, 3.63) is 28.2 Å². The number of anilines is 1. The first-order valence-electron chi connectivity index (χ1n) is 13.1. The van der Waals surface area contributed by atoms with Gasteiger partial charge in [0.1, 0.15) is 11.5 Å². The number of halogens is 2. The van der Waals surface area contributed by atoms with E-state index in [0.717, 1.165) is 17.9 Å². The van der Waals surface area contributed by atoms with Gasteiger partial charge < -0.3 is 9.64 Å². The third-order valence-corrected chi connectivity index (χ3v) is 8.67. The highest BCUT2D eigenvalue weighted by atomic mass is 35.5. The van der Waals surface area contributed by atoms with Crippen LogP contribution in [-0.4, -0.2) is 47.9 Å². The highest BCUT2D eigenvalue weighted by molar-refractivity contribution is 6.36. The van der Waals surface area contributed by atoms with Crippen LogP contribution in [0.4, 0.5) is 10.5 Å². The summed E-state index contributed by atoms with van der Waals surface area (Å²) in [5.74, 6) is -1.62. The molecule has 37 heavy (non-hydrogen) atoms. The molecule has 2 fully saturated rings. The van der Waals surface area contributed by atoms with Gasteiger partial charge in [-0.3, -0.25) is 9.59 Å². The van der Waals surface area contributed by atoms with E-state index >= 15 is 0 Å². The fraction of sp³-hybridized carbons (Fsp3) is 0.679. The van der Waals surface area contributed by atoms with Crippen molar-refractivity contribution in [1.29, 1.82) is 0 Å². The Kier molecular flexibility index (Phi) is 10.1. The Balaban J connectivity index is 0.000000604. The van der Waals surface area contributed by atoms with Gasteiger partial charge in [0.25, 0.3) is 5.91 Å². The Morgan fingerprint density at radius 3 is 2.08 bits per heavy atom. The zero-order valence-corrected chi connectivity index (χ0v) is 25.2. The molecule has 0 aliphatic heterocycles. The number of ketones is 1. The molecule has 0 radical (unpaired) electrons. The molecule has 1 aromatic carbocycles. The monoisotopic (exact) mass is 555 g/mol. The molecular weight excluding hydrogens is 513 g/mol. The molecular formula is C28H43Cl2N3O4. The number of hydrogen-bond donors (Lipinski definition) is 1. The number of hydrazine groups is 1. The van der Waals surface area contributed by atoms with Crippen LogP contribution in [0.15, 0.2) is 18.2 Å². The Morgan fingerprint density at radius 2 is 1.65 bits per heavy atom. The fourth-order valence-electron chi connectivity index (χ4n) is 5.46. The van der Waals surface area contributed by atoms with Crippen molar-refractivity contribution < 1.29 is 19.1 Å². The highest BCUT2D eigenvalue weighted by Crippen LogP contribution is 2.66. The fourth-order valence-corrected chi connectivity index (χ4v) is 5.83. The molecule has 1 aromatic rings. The van der Waals surface area contributed by atoms with Gasteiger partial charge in [0.05, 0.1) is 10.7 Å². The quantitative estimate of drug-likeness (QED) is 0.321. The van der Waals surface area contributed by atoms with E-state index in [1.54, 1.807) is 26.8 Å². The number of rotatable bonds is 5. The largest absolute Gasteiger partial charge is 0.443 e. The number of carbonyl (C=O) groups excluding carboxylic acids is 3. The Bertz CT molecular complexity index is 998. The van der Waals surface area contributed by atoms with Crippen LogP contribution in [0.1, 0.15) is 75.2 Å². The van der Waals surface area contributed by atoms with Crippen LogP contribution in [0.2, 0.25) is 10.0 Å². The summed E-state index contributed by atoms with van der Waals surface area (Å²) in [4.78, 5) is 41.8. The average molecular weight is 557 g/mol. The van der Waals surface area contributed by atoms with Crippen LogP contribution in [0.5, 0.6) is 0 Å². The Labute approximate surface area is 232 Å². The summed E-state index contributed by atoms with van der Waals surface area (Å²) in [6, 6.07) is 4.59. The molecule has 208 valence electrons. The summed E-state index contributed by atoms with van der Waals surface area (Å²) in [5, 5.41) is 1.57. The molecule has 0 spiro atoms. The summed E-state index contributed by atoms with van der Waals surface area (Å²) in [6.45, 7) is 21.3. The minimum absolute atomic E-state index is 0.0945. The van der Waals surface area contributed by atoms with E-state index in [1.807, 2.05) is 20.8 Å². The molecule has 2 aliphatic carbocycles. The topological polar surface area (TPSA) is 79.0 Å². The number of ether oxygens (including phenoxy) is 1. The van der Waals surface area contributed by atoms with Crippen molar-refractivity contribution in [3.63, 3.8) is 0 Å². The van der Waals surface area contributed by atoms with Crippen molar-refractivity contribution in [3.8, 4) is 0 Å². The SMILES string of the molecule is CC(C)(C)OC(=O)NN(C(=O)C1C(=O)[C@]2(C)CC[C@H]1C2(C)C)c1cc(Cl)ccc1Cl.CCN(CC)CC. The minimum atomic E-state index is -0.872. The molecule has 2 saturated carbocycles. The van der Waals surface area contributed by atoms with Crippen LogP contribution in [0.25, 0.3) is 0 Å². The van der Waals surface area contributed by atoms with Gasteiger partial charge in [-0.1, -0.05) is 64.7 Å². The first-order chi connectivity index (χ1) is 17.0. The minimum Gasteiger partial charge on any atom is -0.443 e. The number of fused-ring (bicyclic) bond motifs is 2. The zero-order chi connectivity index (χ0) is 28.3. The number of amides is 2. The van der Waals surface area contributed by atoms with Crippen LogP contribution < -0.4 is 10.4 Å². The maximum absolute atomic E-state index is 13.7. The Hall–Kier alpha value is -1.83. The molecule has 1 unspecified atom stereocenters. The molecule has 3 atom stereocenters. The standard InChI is InChI=1S/C22H28Cl2N2O4.C6H15N/c1-20(2,3)30-19(29)25-26(15-11-12(23)7-8-14(15)24)18(28)16-13-9-10-22(6,17(16)27)21(13,4)5;1-4-7(5-2)6-3/h7-8,11,13,16H,9-10H2,1-6H3,(H,25,29);4-6H2,1-3H3/t13-,16?,22+;/m1./s1. The third-order valence-electron chi connectivity index (χ3n) is 8.11. The van der Waals surface area contributed by atoms with E-state index in [0.29, 0.717) is 5.02 Å². The molecule has 3 rings (SSSR count). The number of nitrogens with one attached hydrogen (secondary N) is 1. The number of hydrogen-bond acceptors (Lipinski definition) is 5. The lowest BCUT2D eigenvalue weighted by Crippen LogP contribution is -2.53. The van der Waals surface area contributed by atoms with Gasteiger partial charge in [-0.25, -0.2) is 15.2 Å². The van der Waals surface area contributed by atoms with Gasteiger partial charge in [-0.15, -0.1) is 0 Å². The molecule has 2 bridgehead atoms. The van der Waals surface area contributed by atoms with Crippen molar-refractivity contribution in [2.45, 2.75) is 80.8 Å². The lowest BCUT2D eigenvalue weighted by atomic mass is 9.70. The van der Waals surface area contributed by atoms with E-state index in [1.165, 1.54) is 31.8 Å². The Morgan fingerprint density at radius 1 is 1.08 bits per heavy atom. The second kappa shape index (κ2) is 11.9. The van der Waals surface area contributed by atoms with Crippen molar-refractivity contribution in [1.82, 2.24) is 10.3 Å². The van der Waals surface area contributed by atoms with Gasteiger partial charge in [-0.05, 0) is 82.8 Å². The van der Waals surface area contributed by atoms with E-state index in [9.17, 15) is 14.4 Å². The van der Waals surface area contributed by atoms with Gasteiger partial charge in [0.2, 0.25) is 0 Å². The van der Waals surface area contributed by atoms with E-state index in [4.69, 9.17) is 27.9 Å². The highest BCUT2D eigenvalue weighted by Gasteiger charge is 2.68. The number of carbonyl (C=O) groups is 3. The predicted molar refractivity (Wildman–Crippen MR) is 150 cm³/mol. The molecule has 9 heteroatoms. The average Bonchev–Trinajstić information content (AvgIpc) is 3.11. The molecule has 1 N–H and O–H groups in total. The zero-order valence-electron chi connectivity index (χ0n) is 23.7. The summed E-state index contributed by atoms with van der Waals surface area (Å²) >= 11 is 12.4. The number of nitrogens with zero attached hydrogens (tertiary/aromatic N) is 2. The van der Waals surface area contributed by atoms with Crippen molar-refractivity contribution >= 4 is 46.7 Å². The molecule has 0 aromatic heterocycles. The van der Waals surface area contributed by atoms with E-state index in [2.05, 4.69) is 31.1 Å². The third kappa shape index (κ3) is 6.61. The maximum Gasteiger partial charge on any atom is 0.427 e. The summed E-state index contributed by atoms with van der Waals surface area (Å²) in [5.41, 5.74) is 1.01. The normalized spacial score (nSPS) is 23.9. The molecule has 2 aliphatic rings. The molecule has 7 nitrogen and oxygen atoms in total.